The molecule has 0 aliphatic carbocycles. The monoisotopic (exact) mass is 337 g/mol. The van der Waals surface area contributed by atoms with E-state index in [0.29, 0.717) is 12.8 Å². The van der Waals surface area contributed by atoms with Crippen LogP contribution in [-0.2, 0) is 14.8 Å². The number of benzene rings is 1. The van der Waals surface area contributed by atoms with Crippen molar-refractivity contribution in [1.29, 1.82) is 0 Å². The van der Waals surface area contributed by atoms with E-state index in [2.05, 4.69) is 0 Å². The predicted octanol–water partition coefficient (Wildman–Crippen LogP) is 2.48. The molecule has 0 aromatic heterocycles. The van der Waals surface area contributed by atoms with Crippen LogP contribution in [0.25, 0.3) is 0 Å². The van der Waals surface area contributed by atoms with Gasteiger partial charge in [0.1, 0.15) is 4.90 Å². The number of halogens is 2. The van der Waals surface area contributed by atoms with Crippen LogP contribution in [0, 0.1) is 5.92 Å². The van der Waals surface area contributed by atoms with E-state index in [0.717, 1.165) is 0 Å². The number of rotatable bonds is 3. The second-order valence-electron chi connectivity index (χ2n) is 4.59. The van der Waals surface area contributed by atoms with E-state index < -0.39 is 21.9 Å². The van der Waals surface area contributed by atoms with Crippen molar-refractivity contribution < 1.29 is 18.3 Å². The number of carbonyl (C=O) groups is 1. The van der Waals surface area contributed by atoms with Gasteiger partial charge in [-0.15, -0.1) is 0 Å². The van der Waals surface area contributed by atoms with Crippen LogP contribution in [0.15, 0.2) is 23.1 Å². The van der Waals surface area contributed by atoms with Crippen molar-refractivity contribution in [2.75, 3.05) is 13.1 Å². The van der Waals surface area contributed by atoms with Gasteiger partial charge in [-0.25, -0.2) is 8.42 Å². The lowest BCUT2D eigenvalue weighted by molar-refractivity contribution is -0.142. The molecule has 0 atom stereocenters. The summed E-state index contributed by atoms with van der Waals surface area (Å²) in [6.45, 7) is 0.338. The molecule has 1 aromatic rings. The van der Waals surface area contributed by atoms with Gasteiger partial charge in [-0.1, -0.05) is 23.2 Å². The maximum absolute atomic E-state index is 12.5. The minimum Gasteiger partial charge on any atom is -0.481 e. The lowest BCUT2D eigenvalue weighted by atomic mass is 9.99. The number of aliphatic carboxylic acids is 1. The number of sulfonamides is 1. The maximum Gasteiger partial charge on any atom is 0.306 e. The largest absolute Gasteiger partial charge is 0.481 e. The zero-order valence-electron chi connectivity index (χ0n) is 10.4. The summed E-state index contributed by atoms with van der Waals surface area (Å²) >= 11 is 11.7. The molecule has 1 fully saturated rings. The Labute approximate surface area is 127 Å². The molecule has 2 rings (SSSR count). The Morgan fingerprint density at radius 1 is 1.25 bits per heavy atom. The fraction of sp³-hybridized carbons (Fsp3) is 0.417. The van der Waals surface area contributed by atoms with Crippen LogP contribution >= 0.6 is 23.2 Å². The van der Waals surface area contributed by atoms with E-state index in [1.807, 2.05) is 0 Å². The van der Waals surface area contributed by atoms with Gasteiger partial charge in [0.05, 0.1) is 10.9 Å². The summed E-state index contributed by atoms with van der Waals surface area (Å²) in [5, 5.41) is 9.31. The number of nitrogens with zero attached hydrogens (tertiary/aromatic N) is 1. The molecule has 0 radical (unpaired) electrons. The second-order valence-corrected chi connectivity index (χ2v) is 7.34. The first kappa shape index (κ1) is 15.6. The van der Waals surface area contributed by atoms with Crippen LogP contribution in [0.3, 0.4) is 0 Å². The van der Waals surface area contributed by atoms with Crippen LogP contribution < -0.4 is 0 Å². The average Bonchev–Trinajstić information content (AvgIpc) is 2.41. The molecule has 1 heterocycles. The van der Waals surface area contributed by atoms with E-state index in [4.69, 9.17) is 28.3 Å². The Balaban J connectivity index is 2.24. The first-order valence-electron chi connectivity index (χ1n) is 6.00. The highest BCUT2D eigenvalue weighted by molar-refractivity contribution is 7.89. The predicted molar refractivity (Wildman–Crippen MR) is 75.6 cm³/mol. The SMILES string of the molecule is O=C(O)C1CCN(S(=O)(=O)c2cc(Cl)ccc2Cl)CC1. The lowest BCUT2D eigenvalue weighted by Gasteiger charge is -2.29. The zero-order valence-corrected chi connectivity index (χ0v) is 12.7. The van der Waals surface area contributed by atoms with E-state index in [-0.39, 0.29) is 28.0 Å². The van der Waals surface area contributed by atoms with E-state index in [1.54, 1.807) is 0 Å². The van der Waals surface area contributed by atoms with Crippen molar-refractivity contribution in [3.63, 3.8) is 0 Å². The van der Waals surface area contributed by atoms with Crippen molar-refractivity contribution in [2.45, 2.75) is 17.7 Å². The highest BCUT2D eigenvalue weighted by Gasteiger charge is 2.33. The molecule has 8 heteroatoms. The molecule has 1 aromatic carbocycles. The summed E-state index contributed by atoms with van der Waals surface area (Å²) in [5.74, 6) is -1.38. The van der Waals surface area contributed by atoms with Gasteiger partial charge in [0.25, 0.3) is 0 Å². The second kappa shape index (κ2) is 5.89. The molecule has 110 valence electrons. The summed E-state index contributed by atoms with van der Waals surface area (Å²) in [6.07, 6.45) is 0.597. The van der Waals surface area contributed by atoms with Crippen LogP contribution in [0.1, 0.15) is 12.8 Å². The Kier molecular flexibility index (Phi) is 4.59. The van der Waals surface area contributed by atoms with E-state index in [1.165, 1.54) is 22.5 Å². The molecule has 0 saturated carbocycles. The molecule has 0 amide bonds. The summed E-state index contributed by atoms with van der Waals surface area (Å²) in [4.78, 5) is 10.8. The van der Waals surface area contributed by atoms with Gasteiger partial charge >= 0.3 is 5.97 Å². The quantitative estimate of drug-likeness (QED) is 0.919. The van der Waals surface area contributed by atoms with Crippen molar-refractivity contribution >= 4 is 39.2 Å². The smallest absolute Gasteiger partial charge is 0.306 e. The van der Waals surface area contributed by atoms with Gasteiger partial charge in [0, 0.05) is 18.1 Å². The average molecular weight is 338 g/mol. The Bertz CT molecular complexity index is 624. The molecule has 1 saturated heterocycles. The van der Waals surface area contributed by atoms with Gasteiger partial charge in [-0.05, 0) is 31.0 Å². The van der Waals surface area contributed by atoms with Crippen LogP contribution in [0.4, 0.5) is 0 Å². The molecular weight excluding hydrogens is 325 g/mol. The lowest BCUT2D eigenvalue weighted by Crippen LogP contribution is -2.40. The van der Waals surface area contributed by atoms with Crippen LogP contribution in [-0.4, -0.2) is 36.9 Å². The summed E-state index contributed by atoms with van der Waals surface area (Å²) < 4.78 is 26.2. The zero-order chi connectivity index (χ0) is 14.9. The van der Waals surface area contributed by atoms with Gasteiger partial charge in [-0.2, -0.15) is 4.31 Å². The number of hydrogen-bond acceptors (Lipinski definition) is 3. The van der Waals surface area contributed by atoms with Gasteiger partial charge in [-0.3, -0.25) is 4.79 Å². The van der Waals surface area contributed by atoms with Gasteiger partial charge < -0.3 is 5.11 Å². The molecule has 1 aliphatic rings. The van der Waals surface area contributed by atoms with E-state index in [9.17, 15) is 13.2 Å². The molecule has 0 bridgehead atoms. The van der Waals surface area contributed by atoms with Gasteiger partial charge in [0.2, 0.25) is 10.0 Å². The molecule has 0 unspecified atom stereocenters. The highest BCUT2D eigenvalue weighted by atomic mass is 35.5. The van der Waals surface area contributed by atoms with Crippen molar-refractivity contribution in [3.05, 3.63) is 28.2 Å². The van der Waals surface area contributed by atoms with Crippen molar-refractivity contribution in [3.8, 4) is 0 Å². The molecule has 20 heavy (non-hydrogen) atoms. The minimum absolute atomic E-state index is 0.0413. The molecule has 5 nitrogen and oxygen atoms in total. The molecular formula is C12H13Cl2NO4S. The first-order valence-corrected chi connectivity index (χ1v) is 8.20. The van der Waals surface area contributed by atoms with E-state index >= 15 is 0 Å². The van der Waals surface area contributed by atoms with Crippen molar-refractivity contribution in [2.24, 2.45) is 5.92 Å². The van der Waals surface area contributed by atoms with Crippen molar-refractivity contribution in [1.82, 2.24) is 4.31 Å². The third kappa shape index (κ3) is 3.09. The summed E-state index contributed by atoms with van der Waals surface area (Å²) in [7, 11) is -3.74. The maximum atomic E-state index is 12.5. The fourth-order valence-electron chi connectivity index (χ4n) is 2.16. The molecule has 0 spiro atoms. The third-order valence-corrected chi connectivity index (χ3v) is 5.93. The molecule has 1 aliphatic heterocycles. The van der Waals surface area contributed by atoms with Crippen LogP contribution in [0.2, 0.25) is 10.0 Å². The number of hydrogen-bond donors (Lipinski definition) is 1. The normalized spacial score (nSPS) is 18.1. The summed E-state index contributed by atoms with van der Waals surface area (Å²) in [6, 6.07) is 4.25. The Morgan fingerprint density at radius 2 is 1.85 bits per heavy atom. The van der Waals surface area contributed by atoms with Crippen LogP contribution in [0.5, 0.6) is 0 Å². The Hall–Kier alpha value is -0.820. The van der Waals surface area contributed by atoms with Gasteiger partial charge in [0.15, 0.2) is 0 Å². The number of carboxylic acids is 1. The minimum atomic E-state index is -3.74. The topological polar surface area (TPSA) is 74.7 Å². The number of piperidine rings is 1. The number of carboxylic acid groups (broad SMARTS) is 1. The Morgan fingerprint density at radius 3 is 2.40 bits per heavy atom. The fourth-order valence-corrected chi connectivity index (χ4v) is 4.36. The first-order chi connectivity index (χ1) is 9.32. The highest BCUT2D eigenvalue weighted by Crippen LogP contribution is 2.30. The standard InChI is InChI=1S/C12H13Cl2NO4S/c13-9-1-2-10(14)11(7-9)20(18,19)15-5-3-8(4-6-15)12(16)17/h1-2,7-8H,3-6H2,(H,16,17). The third-order valence-electron chi connectivity index (χ3n) is 3.31. The molecule has 1 N–H and O–H groups in total. The summed E-state index contributed by atoms with van der Waals surface area (Å²) in [5.41, 5.74) is 0.